The van der Waals surface area contributed by atoms with Crippen LogP contribution < -0.4 is 21.5 Å². The number of aromatic amines is 1. The Labute approximate surface area is 115 Å². The predicted molar refractivity (Wildman–Crippen MR) is 74.4 cm³/mol. The lowest BCUT2D eigenvalue weighted by Crippen LogP contribution is -2.35. The SMILES string of the molecule is CCCC1OC(N2CNc3c2nc(N)[nH]c3=O)CC1O. The summed E-state index contributed by atoms with van der Waals surface area (Å²) < 4.78 is 5.88. The molecule has 2 aliphatic heterocycles. The van der Waals surface area contributed by atoms with Crippen LogP contribution in [-0.4, -0.2) is 40.2 Å². The van der Waals surface area contributed by atoms with Gasteiger partial charge < -0.3 is 25.8 Å². The van der Waals surface area contributed by atoms with E-state index in [-0.39, 0.29) is 23.8 Å². The van der Waals surface area contributed by atoms with Gasteiger partial charge in [-0.05, 0) is 6.42 Å². The highest BCUT2D eigenvalue weighted by Crippen LogP contribution is 2.34. The first-order valence-electron chi connectivity index (χ1n) is 6.84. The molecule has 8 heteroatoms. The monoisotopic (exact) mass is 281 g/mol. The molecule has 3 heterocycles. The first kappa shape index (κ1) is 13.2. The fraction of sp³-hybridized carbons (Fsp3) is 0.667. The Kier molecular flexibility index (Phi) is 3.27. The quantitative estimate of drug-likeness (QED) is 0.607. The lowest BCUT2D eigenvalue weighted by atomic mass is 10.1. The Balaban J connectivity index is 1.84. The number of aliphatic hydroxyl groups is 1. The lowest BCUT2D eigenvalue weighted by Gasteiger charge is -2.24. The van der Waals surface area contributed by atoms with Crippen LogP contribution in [0.4, 0.5) is 17.5 Å². The molecule has 8 nitrogen and oxygen atoms in total. The summed E-state index contributed by atoms with van der Waals surface area (Å²) in [7, 11) is 0. The molecule has 1 aromatic rings. The molecule has 3 rings (SSSR count). The highest BCUT2D eigenvalue weighted by atomic mass is 16.5. The van der Waals surface area contributed by atoms with Gasteiger partial charge in [0.05, 0.1) is 18.9 Å². The molecule has 1 fully saturated rings. The molecule has 2 aliphatic rings. The average Bonchev–Trinajstić information content (AvgIpc) is 2.94. The van der Waals surface area contributed by atoms with E-state index in [4.69, 9.17) is 10.5 Å². The van der Waals surface area contributed by atoms with Gasteiger partial charge in [-0.3, -0.25) is 9.78 Å². The number of nitrogens with two attached hydrogens (primary N) is 1. The second kappa shape index (κ2) is 4.95. The van der Waals surface area contributed by atoms with E-state index < -0.39 is 6.10 Å². The van der Waals surface area contributed by atoms with Crippen LogP contribution in [-0.2, 0) is 4.74 Å². The van der Waals surface area contributed by atoms with Crippen LogP contribution in [0, 0.1) is 0 Å². The number of aromatic nitrogens is 2. The van der Waals surface area contributed by atoms with E-state index in [1.54, 1.807) is 0 Å². The summed E-state index contributed by atoms with van der Waals surface area (Å²) in [5.74, 6) is 0.562. The smallest absolute Gasteiger partial charge is 0.277 e. The van der Waals surface area contributed by atoms with E-state index in [2.05, 4.69) is 22.2 Å². The number of nitrogens with zero attached hydrogens (tertiary/aromatic N) is 2. The molecule has 0 bridgehead atoms. The normalized spacial score (nSPS) is 28.5. The zero-order valence-corrected chi connectivity index (χ0v) is 11.3. The Bertz CT molecular complexity index is 561. The molecule has 0 aromatic carbocycles. The highest BCUT2D eigenvalue weighted by Gasteiger charge is 2.40. The maximum Gasteiger partial charge on any atom is 0.277 e. The van der Waals surface area contributed by atoms with Gasteiger partial charge in [0.25, 0.3) is 5.56 Å². The van der Waals surface area contributed by atoms with Crippen LogP contribution in [0.1, 0.15) is 26.2 Å². The van der Waals surface area contributed by atoms with E-state index >= 15 is 0 Å². The van der Waals surface area contributed by atoms with Crippen LogP contribution in [0.15, 0.2) is 4.79 Å². The van der Waals surface area contributed by atoms with Crippen molar-refractivity contribution >= 4 is 17.5 Å². The number of hydrogen-bond acceptors (Lipinski definition) is 7. The molecule has 20 heavy (non-hydrogen) atoms. The second-order valence-electron chi connectivity index (χ2n) is 5.18. The molecular formula is C12H19N5O3. The topological polar surface area (TPSA) is 116 Å². The number of H-pyrrole nitrogens is 1. The number of rotatable bonds is 3. The summed E-state index contributed by atoms with van der Waals surface area (Å²) in [6, 6.07) is 0. The van der Waals surface area contributed by atoms with Gasteiger partial charge in [0, 0.05) is 6.42 Å². The van der Waals surface area contributed by atoms with Crippen molar-refractivity contribution in [3.05, 3.63) is 10.4 Å². The standard InChI is InChI=1S/C12H19N5O3/c1-2-3-7-6(18)4-8(20-7)17-5-14-9-10(17)15-12(13)16-11(9)19/h6-8,14,18H,2-5H2,1H3,(H3,13,15,16,19). The third-order valence-corrected chi connectivity index (χ3v) is 3.74. The summed E-state index contributed by atoms with van der Waals surface area (Å²) in [4.78, 5) is 20.2. The van der Waals surface area contributed by atoms with Gasteiger partial charge in [0.15, 0.2) is 5.82 Å². The largest absolute Gasteiger partial charge is 0.390 e. The van der Waals surface area contributed by atoms with Gasteiger partial charge >= 0.3 is 0 Å². The number of ether oxygens (including phenoxy) is 1. The molecule has 5 N–H and O–H groups in total. The molecule has 0 radical (unpaired) electrons. The van der Waals surface area contributed by atoms with Crippen molar-refractivity contribution in [3.8, 4) is 0 Å². The molecule has 110 valence electrons. The third kappa shape index (κ3) is 2.10. The minimum atomic E-state index is -0.483. The molecule has 0 aliphatic carbocycles. The molecule has 0 amide bonds. The highest BCUT2D eigenvalue weighted by molar-refractivity contribution is 5.71. The Morgan fingerprint density at radius 1 is 1.60 bits per heavy atom. The Morgan fingerprint density at radius 3 is 3.15 bits per heavy atom. The van der Waals surface area contributed by atoms with Gasteiger partial charge in [-0.25, -0.2) is 0 Å². The number of anilines is 3. The summed E-state index contributed by atoms with van der Waals surface area (Å²) in [6.45, 7) is 2.48. The van der Waals surface area contributed by atoms with Gasteiger partial charge in [0.2, 0.25) is 5.95 Å². The molecule has 0 saturated carbocycles. The minimum Gasteiger partial charge on any atom is -0.390 e. The van der Waals surface area contributed by atoms with Crippen LogP contribution in [0.2, 0.25) is 0 Å². The van der Waals surface area contributed by atoms with Gasteiger partial charge in [0.1, 0.15) is 11.9 Å². The van der Waals surface area contributed by atoms with Crippen LogP contribution >= 0.6 is 0 Å². The number of nitrogens with one attached hydrogen (secondary N) is 2. The number of hydrogen-bond donors (Lipinski definition) is 4. The number of aliphatic hydroxyl groups excluding tert-OH is 1. The Hall–Kier alpha value is -1.80. The molecule has 0 spiro atoms. The third-order valence-electron chi connectivity index (χ3n) is 3.74. The van der Waals surface area contributed by atoms with E-state index in [1.165, 1.54) is 0 Å². The minimum absolute atomic E-state index is 0.0751. The zero-order valence-electron chi connectivity index (χ0n) is 11.3. The lowest BCUT2D eigenvalue weighted by molar-refractivity contribution is 0.00495. The summed E-state index contributed by atoms with van der Waals surface area (Å²) in [6.07, 6.45) is 1.34. The van der Waals surface area contributed by atoms with Crippen molar-refractivity contribution in [3.63, 3.8) is 0 Å². The second-order valence-corrected chi connectivity index (χ2v) is 5.18. The van der Waals surface area contributed by atoms with Crippen molar-refractivity contribution in [1.82, 2.24) is 9.97 Å². The first-order chi connectivity index (χ1) is 9.60. The van der Waals surface area contributed by atoms with Crippen molar-refractivity contribution in [2.45, 2.75) is 44.6 Å². The van der Waals surface area contributed by atoms with Crippen molar-refractivity contribution in [2.24, 2.45) is 0 Å². The van der Waals surface area contributed by atoms with Gasteiger partial charge in [-0.1, -0.05) is 13.3 Å². The summed E-state index contributed by atoms with van der Waals surface area (Å²) in [5, 5.41) is 13.0. The molecule has 1 aromatic heterocycles. The summed E-state index contributed by atoms with van der Waals surface area (Å²) >= 11 is 0. The van der Waals surface area contributed by atoms with Crippen LogP contribution in [0.3, 0.4) is 0 Å². The van der Waals surface area contributed by atoms with Crippen LogP contribution in [0.5, 0.6) is 0 Å². The van der Waals surface area contributed by atoms with E-state index in [0.717, 1.165) is 12.8 Å². The van der Waals surface area contributed by atoms with Gasteiger partial charge in [-0.2, -0.15) is 4.98 Å². The van der Waals surface area contributed by atoms with Crippen molar-refractivity contribution < 1.29 is 9.84 Å². The predicted octanol–water partition coefficient (Wildman–Crippen LogP) is -0.182. The zero-order chi connectivity index (χ0) is 14.3. The Morgan fingerprint density at radius 2 is 2.40 bits per heavy atom. The van der Waals surface area contributed by atoms with E-state index in [0.29, 0.717) is 24.6 Å². The molecule has 3 atom stereocenters. The molecular weight excluding hydrogens is 262 g/mol. The number of nitrogen functional groups attached to an aromatic ring is 1. The van der Waals surface area contributed by atoms with Crippen molar-refractivity contribution in [1.29, 1.82) is 0 Å². The maximum absolute atomic E-state index is 11.8. The maximum atomic E-state index is 11.8. The van der Waals surface area contributed by atoms with Crippen LogP contribution in [0.25, 0.3) is 0 Å². The van der Waals surface area contributed by atoms with E-state index in [9.17, 15) is 9.90 Å². The van der Waals surface area contributed by atoms with Gasteiger partial charge in [-0.15, -0.1) is 0 Å². The molecule has 3 unspecified atom stereocenters. The average molecular weight is 281 g/mol. The number of fused-ring (bicyclic) bond motifs is 1. The van der Waals surface area contributed by atoms with E-state index in [1.807, 2.05) is 4.90 Å². The van der Waals surface area contributed by atoms with Crippen molar-refractivity contribution in [2.75, 3.05) is 22.6 Å². The fourth-order valence-electron chi connectivity index (χ4n) is 2.77. The summed E-state index contributed by atoms with van der Waals surface area (Å²) in [5.41, 5.74) is 5.69. The fourth-order valence-corrected chi connectivity index (χ4v) is 2.77. The first-order valence-corrected chi connectivity index (χ1v) is 6.84. The molecule has 1 saturated heterocycles.